The Morgan fingerprint density at radius 3 is 2.67 bits per heavy atom. The van der Waals surface area contributed by atoms with Crippen LogP contribution in [-0.2, 0) is 16.6 Å². The first-order chi connectivity index (χ1) is 10.0. The largest absolute Gasteiger partial charge is 0.497 e. The van der Waals surface area contributed by atoms with Crippen LogP contribution in [0.3, 0.4) is 0 Å². The molecule has 0 saturated heterocycles. The van der Waals surface area contributed by atoms with E-state index < -0.39 is 10.0 Å². The third kappa shape index (κ3) is 3.96. The molecule has 114 valence electrons. The van der Waals surface area contributed by atoms with Gasteiger partial charge in [0.05, 0.1) is 13.3 Å². The molecule has 0 aliphatic carbocycles. The van der Waals surface area contributed by atoms with Crippen molar-refractivity contribution in [3.63, 3.8) is 0 Å². The molecule has 0 aliphatic heterocycles. The Balaban J connectivity index is 2.11. The average molecular weight is 311 g/mol. The summed E-state index contributed by atoms with van der Waals surface area (Å²) < 4.78 is 33.4. The quantitative estimate of drug-likeness (QED) is 0.798. The number of aliphatic hydroxyl groups is 1. The van der Waals surface area contributed by atoms with Crippen LogP contribution >= 0.6 is 0 Å². The summed E-state index contributed by atoms with van der Waals surface area (Å²) >= 11 is 0. The van der Waals surface area contributed by atoms with Crippen LogP contribution in [0.25, 0.3) is 0 Å². The zero-order chi connectivity index (χ0) is 15.3. The Kier molecular flexibility index (Phi) is 4.81. The van der Waals surface area contributed by atoms with Crippen LogP contribution in [0.4, 0.5) is 5.69 Å². The van der Waals surface area contributed by atoms with Gasteiger partial charge in [0, 0.05) is 25.0 Å². The van der Waals surface area contributed by atoms with Crippen molar-refractivity contribution in [2.45, 2.75) is 17.9 Å². The summed E-state index contributed by atoms with van der Waals surface area (Å²) in [6.07, 6.45) is 3.23. The van der Waals surface area contributed by atoms with Crippen LogP contribution < -0.4 is 9.46 Å². The Bertz CT molecular complexity index is 680. The topological polar surface area (TPSA) is 93.5 Å². The molecule has 7 nitrogen and oxygen atoms in total. The molecule has 1 heterocycles. The Morgan fingerprint density at radius 2 is 2.05 bits per heavy atom. The van der Waals surface area contributed by atoms with E-state index >= 15 is 0 Å². The van der Waals surface area contributed by atoms with Gasteiger partial charge in [0.2, 0.25) is 0 Å². The number of aryl methyl sites for hydroxylation is 1. The molecule has 21 heavy (non-hydrogen) atoms. The molecule has 2 N–H and O–H groups in total. The van der Waals surface area contributed by atoms with E-state index in [1.807, 2.05) is 0 Å². The highest BCUT2D eigenvalue weighted by atomic mass is 32.2. The van der Waals surface area contributed by atoms with E-state index in [9.17, 15) is 8.42 Å². The molecular weight excluding hydrogens is 294 g/mol. The van der Waals surface area contributed by atoms with Gasteiger partial charge in [0.1, 0.15) is 10.6 Å². The molecule has 0 atom stereocenters. The Morgan fingerprint density at radius 1 is 1.33 bits per heavy atom. The van der Waals surface area contributed by atoms with E-state index in [4.69, 9.17) is 9.84 Å². The smallest absolute Gasteiger partial charge is 0.265 e. The minimum atomic E-state index is -3.67. The summed E-state index contributed by atoms with van der Waals surface area (Å²) in [4.78, 5) is 0.0799. The molecule has 0 fully saturated rings. The molecule has 0 saturated carbocycles. The number of hydrogen-bond donors (Lipinski definition) is 2. The van der Waals surface area contributed by atoms with E-state index in [2.05, 4.69) is 9.82 Å². The third-order valence-electron chi connectivity index (χ3n) is 2.81. The average Bonchev–Trinajstić information content (AvgIpc) is 2.95. The van der Waals surface area contributed by atoms with Crippen LogP contribution in [0.2, 0.25) is 0 Å². The second kappa shape index (κ2) is 6.59. The standard InChI is InChI=1S/C13H17N3O4S/c1-20-12-5-3-11(4-6-12)15-21(18,19)13-9-14-16(10-13)7-2-8-17/h3-6,9-10,15,17H,2,7-8H2,1H3. The first-order valence-corrected chi connectivity index (χ1v) is 7.83. The summed E-state index contributed by atoms with van der Waals surface area (Å²) in [5, 5.41) is 12.7. The molecule has 0 amide bonds. The van der Waals surface area contributed by atoms with Crippen molar-refractivity contribution < 1.29 is 18.3 Å². The number of nitrogens with zero attached hydrogens (tertiary/aromatic N) is 2. The maximum absolute atomic E-state index is 12.2. The minimum Gasteiger partial charge on any atom is -0.497 e. The summed E-state index contributed by atoms with van der Waals surface area (Å²) in [6.45, 7) is 0.501. The van der Waals surface area contributed by atoms with Crippen LogP contribution in [0, 0.1) is 0 Å². The predicted octanol–water partition coefficient (Wildman–Crippen LogP) is 1.07. The van der Waals surface area contributed by atoms with E-state index in [0.717, 1.165) is 0 Å². The number of sulfonamides is 1. The summed E-state index contributed by atoms with van der Waals surface area (Å²) in [7, 11) is -2.13. The second-order valence-corrected chi connectivity index (χ2v) is 6.03. The Labute approximate surface area is 123 Å². The maximum atomic E-state index is 12.2. The van der Waals surface area contributed by atoms with Crippen LogP contribution in [-0.4, -0.2) is 37.0 Å². The molecule has 8 heteroatoms. The number of benzene rings is 1. The molecule has 0 bridgehead atoms. The fraction of sp³-hybridized carbons (Fsp3) is 0.308. The normalized spacial score (nSPS) is 11.3. The van der Waals surface area contributed by atoms with Gasteiger partial charge in [-0.15, -0.1) is 0 Å². The lowest BCUT2D eigenvalue weighted by Crippen LogP contribution is -2.12. The third-order valence-corrected chi connectivity index (χ3v) is 4.14. The van der Waals surface area contributed by atoms with Crippen molar-refractivity contribution in [1.29, 1.82) is 0 Å². The number of rotatable bonds is 7. The highest BCUT2D eigenvalue weighted by molar-refractivity contribution is 7.92. The molecular formula is C13H17N3O4S. The predicted molar refractivity (Wildman–Crippen MR) is 77.7 cm³/mol. The number of aliphatic hydroxyl groups excluding tert-OH is 1. The van der Waals surface area contributed by atoms with Crippen molar-refractivity contribution in [2.75, 3.05) is 18.4 Å². The maximum Gasteiger partial charge on any atom is 0.265 e. The first-order valence-electron chi connectivity index (χ1n) is 6.35. The summed E-state index contributed by atoms with van der Waals surface area (Å²) in [6, 6.07) is 6.57. The lowest BCUT2D eigenvalue weighted by Gasteiger charge is -2.07. The highest BCUT2D eigenvalue weighted by Gasteiger charge is 2.16. The summed E-state index contributed by atoms with van der Waals surface area (Å²) in [5.74, 6) is 0.648. The summed E-state index contributed by atoms with van der Waals surface area (Å²) in [5.41, 5.74) is 0.443. The van der Waals surface area contributed by atoms with Crippen LogP contribution in [0.15, 0.2) is 41.6 Å². The van der Waals surface area contributed by atoms with Crippen LogP contribution in [0.1, 0.15) is 6.42 Å². The van der Waals surface area contributed by atoms with E-state index in [-0.39, 0.29) is 11.5 Å². The molecule has 0 unspecified atom stereocenters. The van der Waals surface area contributed by atoms with Gasteiger partial charge in [0.25, 0.3) is 10.0 Å². The van der Waals surface area contributed by atoms with Crippen molar-refractivity contribution in [2.24, 2.45) is 0 Å². The molecule has 0 aliphatic rings. The van der Waals surface area contributed by atoms with Gasteiger partial charge in [0.15, 0.2) is 0 Å². The minimum absolute atomic E-state index is 0.0338. The number of ether oxygens (including phenoxy) is 1. The van der Waals surface area contributed by atoms with Crippen molar-refractivity contribution >= 4 is 15.7 Å². The lowest BCUT2D eigenvalue weighted by atomic mass is 10.3. The molecule has 0 radical (unpaired) electrons. The molecule has 0 spiro atoms. The molecule has 1 aromatic heterocycles. The van der Waals surface area contributed by atoms with Gasteiger partial charge in [-0.2, -0.15) is 5.10 Å². The van der Waals surface area contributed by atoms with Gasteiger partial charge in [-0.25, -0.2) is 8.42 Å². The SMILES string of the molecule is COc1ccc(NS(=O)(=O)c2cnn(CCCO)c2)cc1. The van der Waals surface area contributed by atoms with Crippen molar-refractivity contribution in [3.05, 3.63) is 36.7 Å². The van der Waals surface area contributed by atoms with Gasteiger partial charge >= 0.3 is 0 Å². The second-order valence-electron chi connectivity index (χ2n) is 4.35. The number of nitrogens with one attached hydrogen (secondary N) is 1. The highest BCUT2D eigenvalue weighted by Crippen LogP contribution is 2.19. The van der Waals surface area contributed by atoms with E-state index in [0.29, 0.717) is 24.4 Å². The van der Waals surface area contributed by atoms with E-state index in [1.165, 1.54) is 17.1 Å². The number of methoxy groups -OCH3 is 1. The van der Waals surface area contributed by atoms with Gasteiger partial charge in [-0.05, 0) is 30.7 Å². The zero-order valence-corrected chi connectivity index (χ0v) is 12.4. The fourth-order valence-electron chi connectivity index (χ4n) is 1.71. The monoisotopic (exact) mass is 311 g/mol. The van der Waals surface area contributed by atoms with Crippen LogP contribution in [0.5, 0.6) is 5.75 Å². The molecule has 2 aromatic rings. The van der Waals surface area contributed by atoms with Crippen molar-refractivity contribution in [1.82, 2.24) is 9.78 Å². The first kappa shape index (κ1) is 15.3. The number of hydrogen-bond acceptors (Lipinski definition) is 5. The van der Waals surface area contributed by atoms with Gasteiger partial charge in [-0.3, -0.25) is 9.40 Å². The molecule has 1 aromatic carbocycles. The fourth-order valence-corrected chi connectivity index (χ4v) is 2.72. The van der Waals surface area contributed by atoms with E-state index in [1.54, 1.807) is 31.4 Å². The lowest BCUT2D eigenvalue weighted by molar-refractivity contribution is 0.277. The number of anilines is 1. The number of aromatic nitrogens is 2. The van der Waals surface area contributed by atoms with Crippen molar-refractivity contribution in [3.8, 4) is 5.75 Å². The van der Waals surface area contributed by atoms with Gasteiger partial charge < -0.3 is 9.84 Å². The Hall–Kier alpha value is -2.06. The molecule has 2 rings (SSSR count). The van der Waals surface area contributed by atoms with Gasteiger partial charge in [-0.1, -0.05) is 0 Å². The zero-order valence-electron chi connectivity index (χ0n) is 11.6.